The lowest BCUT2D eigenvalue weighted by Crippen LogP contribution is -2.46. The van der Waals surface area contributed by atoms with E-state index < -0.39 is 5.60 Å². The van der Waals surface area contributed by atoms with Crippen LogP contribution in [0.5, 0.6) is 0 Å². The number of guanidine groups is 1. The number of ether oxygens (including phenoxy) is 1. The highest BCUT2D eigenvalue weighted by atomic mass is 16.6. The fourth-order valence-electron chi connectivity index (χ4n) is 4.87. The molecule has 0 aromatic carbocycles. The van der Waals surface area contributed by atoms with Crippen molar-refractivity contribution in [3.63, 3.8) is 0 Å². The maximum atomic E-state index is 12.7. The molecule has 1 aliphatic carbocycles. The topological polar surface area (TPSA) is 86.3 Å². The van der Waals surface area contributed by atoms with Crippen molar-refractivity contribution in [3.05, 3.63) is 0 Å². The van der Waals surface area contributed by atoms with E-state index >= 15 is 0 Å². The summed E-state index contributed by atoms with van der Waals surface area (Å²) >= 11 is 0. The van der Waals surface area contributed by atoms with Crippen LogP contribution in [0.2, 0.25) is 0 Å². The zero-order chi connectivity index (χ0) is 23.1. The van der Waals surface area contributed by atoms with Gasteiger partial charge in [0.05, 0.1) is 0 Å². The van der Waals surface area contributed by atoms with Gasteiger partial charge < -0.3 is 25.2 Å². The number of hydrogen-bond acceptors (Lipinski definition) is 4. The minimum atomic E-state index is -0.456. The Hall–Kier alpha value is -1.99. The summed E-state index contributed by atoms with van der Waals surface area (Å²) in [5.41, 5.74) is -0.456. The summed E-state index contributed by atoms with van der Waals surface area (Å²) in [6.07, 6.45) is 7.14. The van der Waals surface area contributed by atoms with E-state index in [1.165, 1.54) is 12.8 Å². The molecule has 0 aromatic rings. The van der Waals surface area contributed by atoms with Crippen molar-refractivity contribution in [2.24, 2.45) is 16.8 Å². The minimum absolute atomic E-state index is 0.215. The SMILES string of the molecule is CCNC(=NCC1CCN(C(=O)OC(C)(C)C)CC1)NC1CCN(C(=O)C2CCCC2)C1. The van der Waals surface area contributed by atoms with Gasteiger partial charge in [-0.1, -0.05) is 12.8 Å². The number of likely N-dealkylation sites (tertiary alicyclic amines) is 2. The van der Waals surface area contributed by atoms with Crippen LogP contribution >= 0.6 is 0 Å². The first kappa shape index (κ1) is 24.6. The second-order valence-corrected chi connectivity index (χ2v) is 10.5. The number of hydrogen-bond donors (Lipinski definition) is 2. The van der Waals surface area contributed by atoms with Crippen molar-refractivity contribution in [1.29, 1.82) is 0 Å². The highest BCUT2D eigenvalue weighted by Crippen LogP contribution is 2.28. The molecular formula is C24H43N5O3. The lowest BCUT2D eigenvalue weighted by molar-refractivity contribution is -0.134. The van der Waals surface area contributed by atoms with Crippen LogP contribution in [0, 0.1) is 11.8 Å². The number of piperidine rings is 1. The van der Waals surface area contributed by atoms with Crippen molar-refractivity contribution >= 4 is 18.0 Å². The standard InChI is InChI=1S/C24H43N5O3/c1-5-25-22(27-20-12-15-29(17-20)21(30)19-8-6-7-9-19)26-16-18-10-13-28(14-11-18)23(31)32-24(2,3)4/h18-20H,5-17H2,1-4H3,(H2,25,26,27). The van der Waals surface area contributed by atoms with Crippen LogP contribution in [0.1, 0.15) is 72.6 Å². The van der Waals surface area contributed by atoms with Gasteiger partial charge in [0.25, 0.3) is 0 Å². The molecule has 3 fully saturated rings. The third-order valence-corrected chi connectivity index (χ3v) is 6.66. The molecule has 2 aliphatic heterocycles. The molecule has 2 heterocycles. The summed E-state index contributed by atoms with van der Waals surface area (Å²) in [7, 11) is 0. The maximum Gasteiger partial charge on any atom is 0.410 e. The Bertz CT molecular complexity index is 661. The van der Waals surface area contributed by atoms with Crippen molar-refractivity contribution in [2.75, 3.05) is 39.3 Å². The molecule has 32 heavy (non-hydrogen) atoms. The van der Waals surface area contributed by atoms with Crippen molar-refractivity contribution < 1.29 is 14.3 Å². The van der Waals surface area contributed by atoms with Crippen molar-refractivity contribution in [3.8, 4) is 0 Å². The number of amides is 2. The molecule has 182 valence electrons. The van der Waals surface area contributed by atoms with E-state index in [1.807, 2.05) is 30.6 Å². The second kappa shape index (κ2) is 11.2. The Morgan fingerprint density at radius 1 is 1.00 bits per heavy atom. The molecule has 8 nitrogen and oxygen atoms in total. The smallest absolute Gasteiger partial charge is 0.410 e. The van der Waals surface area contributed by atoms with Crippen molar-refractivity contribution in [2.45, 2.75) is 84.3 Å². The molecule has 2 N–H and O–H groups in total. The van der Waals surface area contributed by atoms with Crippen LogP contribution in [0.15, 0.2) is 4.99 Å². The van der Waals surface area contributed by atoms with Crippen LogP contribution in [0.3, 0.4) is 0 Å². The normalized spacial score (nSPS) is 23.5. The Morgan fingerprint density at radius 2 is 1.66 bits per heavy atom. The number of carbonyl (C=O) groups is 2. The summed E-state index contributed by atoms with van der Waals surface area (Å²) in [5, 5.41) is 6.90. The third-order valence-electron chi connectivity index (χ3n) is 6.66. The van der Waals surface area contributed by atoms with Crippen LogP contribution < -0.4 is 10.6 Å². The number of nitrogens with one attached hydrogen (secondary N) is 2. The molecule has 1 atom stereocenters. The summed E-state index contributed by atoms with van der Waals surface area (Å²) in [6.45, 7) is 12.4. The highest BCUT2D eigenvalue weighted by molar-refractivity contribution is 5.81. The fraction of sp³-hybridized carbons (Fsp3) is 0.875. The average Bonchev–Trinajstić information content (AvgIpc) is 3.43. The Morgan fingerprint density at radius 3 is 2.28 bits per heavy atom. The number of aliphatic imine (C=N–C) groups is 1. The first-order chi connectivity index (χ1) is 15.2. The van der Waals surface area contributed by atoms with E-state index in [2.05, 4.69) is 17.6 Å². The first-order valence-electron chi connectivity index (χ1n) is 12.6. The molecule has 0 spiro atoms. The van der Waals surface area contributed by atoms with Crippen LogP contribution in [-0.2, 0) is 9.53 Å². The van der Waals surface area contributed by atoms with E-state index in [0.717, 1.165) is 77.3 Å². The van der Waals surface area contributed by atoms with Crippen LogP contribution in [-0.4, -0.2) is 78.7 Å². The molecular weight excluding hydrogens is 406 g/mol. The number of carbonyl (C=O) groups excluding carboxylic acids is 2. The predicted molar refractivity (Wildman–Crippen MR) is 127 cm³/mol. The van der Waals surface area contributed by atoms with Gasteiger partial charge in [0.1, 0.15) is 5.60 Å². The van der Waals surface area contributed by atoms with E-state index in [9.17, 15) is 9.59 Å². The molecule has 1 saturated carbocycles. The van der Waals surface area contributed by atoms with Gasteiger partial charge in [-0.2, -0.15) is 0 Å². The van der Waals surface area contributed by atoms with Gasteiger partial charge in [-0.3, -0.25) is 9.79 Å². The molecule has 0 radical (unpaired) electrons. The number of rotatable bonds is 5. The molecule has 2 saturated heterocycles. The largest absolute Gasteiger partial charge is 0.444 e. The molecule has 8 heteroatoms. The van der Waals surface area contributed by atoms with Gasteiger partial charge in [0, 0.05) is 51.2 Å². The zero-order valence-corrected chi connectivity index (χ0v) is 20.5. The van der Waals surface area contributed by atoms with E-state index in [4.69, 9.17) is 9.73 Å². The average molecular weight is 450 g/mol. The van der Waals surface area contributed by atoms with Crippen LogP contribution in [0.25, 0.3) is 0 Å². The Labute approximate surface area is 193 Å². The summed E-state index contributed by atoms with van der Waals surface area (Å²) in [6, 6.07) is 0.257. The van der Waals surface area contributed by atoms with E-state index in [-0.39, 0.29) is 18.1 Å². The van der Waals surface area contributed by atoms with Crippen molar-refractivity contribution in [1.82, 2.24) is 20.4 Å². The Balaban J connectivity index is 1.43. The molecule has 0 aromatic heterocycles. The highest BCUT2D eigenvalue weighted by Gasteiger charge is 2.32. The Kier molecular flexibility index (Phi) is 8.65. The lowest BCUT2D eigenvalue weighted by atomic mass is 9.97. The minimum Gasteiger partial charge on any atom is -0.444 e. The molecule has 2 amide bonds. The molecule has 3 aliphatic rings. The number of nitrogens with zero attached hydrogens (tertiary/aromatic N) is 3. The summed E-state index contributed by atoms with van der Waals surface area (Å²) in [4.78, 5) is 33.6. The lowest BCUT2D eigenvalue weighted by Gasteiger charge is -2.33. The zero-order valence-electron chi connectivity index (χ0n) is 20.5. The maximum absolute atomic E-state index is 12.7. The monoisotopic (exact) mass is 449 g/mol. The summed E-state index contributed by atoms with van der Waals surface area (Å²) < 4.78 is 5.49. The van der Waals surface area contributed by atoms with Gasteiger partial charge in [0.15, 0.2) is 5.96 Å². The van der Waals surface area contributed by atoms with Gasteiger partial charge in [0.2, 0.25) is 5.91 Å². The molecule has 1 unspecified atom stereocenters. The quantitative estimate of drug-likeness (QED) is 0.498. The first-order valence-corrected chi connectivity index (χ1v) is 12.6. The van der Waals surface area contributed by atoms with E-state index in [1.54, 1.807) is 0 Å². The predicted octanol–water partition coefficient (Wildman–Crippen LogP) is 2.98. The van der Waals surface area contributed by atoms with E-state index in [0.29, 0.717) is 11.8 Å². The fourth-order valence-corrected chi connectivity index (χ4v) is 4.87. The second-order valence-electron chi connectivity index (χ2n) is 10.5. The summed E-state index contributed by atoms with van der Waals surface area (Å²) in [5.74, 6) is 1.91. The van der Waals surface area contributed by atoms with Gasteiger partial charge >= 0.3 is 6.09 Å². The molecule has 0 bridgehead atoms. The third kappa shape index (κ3) is 7.27. The van der Waals surface area contributed by atoms with Crippen LogP contribution in [0.4, 0.5) is 4.79 Å². The van der Waals surface area contributed by atoms with Gasteiger partial charge in [-0.25, -0.2) is 4.79 Å². The van der Waals surface area contributed by atoms with Gasteiger partial charge in [-0.05, 0) is 65.7 Å². The molecule has 3 rings (SSSR count). The van der Waals surface area contributed by atoms with Gasteiger partial charge in [-0.15, -0.1) is 0 Å².